The van der Waals surface area contributed by atoms with Crippen LogP contribution in [0.1, 0.15) is 45.4 Å². The molecule has 0 saturated carbocycles. The summed E-state index contributed by atoms with van der Waals surface area (Å²) < 4.78 is 23.7. The van der Waals surface area contributed by atoms with Gasteiger partial charge in [0.05, 0.1) is 16.9 Å². The number of sulfone groups is 1. The normalized spacial score (nSPS) is 33.8. The van der Waals surface area contributed by atoms with Crippen LogP contribution in [0.3, 0.4) is 0 Å². The van der Waals surface area contributed by atoms with Gasteiger partial charge in [-0.15, -0.1) is 5.92 Å². The average Bonchev–Trinajstić information content (AvgIpc) is 2.50. The molecule has 2 saturated heterocycles. The molecule has 2 fully saturated rings. The average molecular weight is 254 g/mol. The second-order valence-electron chi connectivity index (χ2n) is 4.93. The van der Waals surface area contributed by atoms with E-state index in [1.165, 1.54) is 0 Å². The molecule has 2 aliphatic heterocycles. The molecule has 2 heterocycles. The lowest BCUT2D eigenvalue weighted by atomic mass is 9.93. The van der Waals surface area contributed by atoms with E-state index in [4.69, 9.17) is 0 Å². The van der Waals surface area contributed by atoms with Gasteiger partial charge in [-0.2, -0.15) is 0 Å². The molecule has 0 radical (unpaired) electrons. The zero-order valence-corrected chi connectivity index (χ0v) is 10.9. The fourth-order valence-corrected chi connectivity index (χ4v) is 5.36. The Balaban J connectivity index is 2.01. The number of hydrogen-bond donors (Lipinski definition) is 0. The van der Waals surface area contributed by atoms with Crippen molar-refractivity contribution in [1.29, 1.82) is 0 Å². The Morgan fingerprint density at radius 2 is 1.76 bits per heavy atom. The summed E-state index contributed by atoms with van der Waals surface area (Å²) in [4.78, 5) is 11.9. The Morgan fingerprint density at radius 1 is 1.18 bits per heavy atom. The molecular formula is C13H18O3S. The van der Waals surface area contributed by atoms with Crippen LogP contribution in [0.15, 0.2) is 0 Å². The largest absolute Gasteiger partial charge is 0.298 e. The predicted octanol–water partition coefficient (Wildman–Crippen LogP) is 1.71. The maximum Gasteiger partial charge on any atom is 0.156 e. The highest BCUT2D eigenvalue weighted by molar-refractivity contribution is 7.93. The molecule has 0 N–H and O–H groups in total. The molecule has 2 atom stereocenters. The SMILES string of the molecule is CCC#CCC(=O)C1CC2CCC(C1)S2(=O)=O. The van der Waals surface area contributed by atoms with E-state index in [9.17, 15) is 13.2 Å². The first-order valence-corrected chi connectivity index (χ1v) is 7.87. The van der Waals surface area contributed by atoms with Crippen molar-refractivity contribution in [1.82, 2.24) is 0 Å². The quantitative estimate of drug-likeness (QED) is 0.705. The van der Waals surface area contributed by atoms with E-state index in [0.29, 0.717) is 12.8 Å². The lowest BCUT2D eigenvalue weighted by Crippen LogP contribution is -2.35. The van der Waals surface area contributed by atoms with Crippen molar-refractivity contribution in [2.45, 2.75) is 55.9 Å². The predicted molar refractivity (Wildman–Crippen MR) is 66.1 cm³/mol. The Bertz CT molecular complexity index is 447. The van der Waals surface area contributed by atoms with E-state index in [1.807, 2.05) is 6.92 Å². The van der Waals surface area contributed by atoms with Crippen LogP contribution in [0.2, 0.25) is 0 Å². The monoisotopic (exact) mass is 254 g/mol. The molecule has 2 unspecified atom stereocenters. The van der Waals surface area contributed by atoms with E-state index >= 15 is 0 Å². The Labute approximate surface area is 103 Å². The molecule has 0 aromatic rings. The van der Waals surface area contributed by atoms with Crippen LogP contribution in [0.4, 0.5) is 0 Å². The third-order valence-electron chi connectivity index (χ3n) is 3.85. The Hall–Kier alpha value is -0.820. The molecule has 0 amide bonds. The standard InChI is InChI=1S/C13H18O3S/c1-2-3-4-5-13(14)10-8-11-6-7-12(9-10)17(11,15)16/h10-12H,2,5-9H2,1H3. The van der Waals surface area contributed by atoms with Crippen molar-refractivity contribution < 1.29 is 13.2 Å². The molecule has 4 heteroatoms. The highest BCUT2D eigenvalue weighted by Crippen LogP contribution is 2.41. The van der Waals surface area contributed by atoms with Crippen LogP contribution in [-0.4, -0.2) is 24.7 Å². The van der Waals surface area contributed by atoms with Gasteiger partial charge >= 0.3 is 0 Å². The van der Waals surface area contributed by atoms with Gasteiger partial charge in [0, 0.05) is 12.3 Å². The third-order valence-corrected chi connectivity index (χ3v) is 6.57. The summed E-state index contributed by atoms with van der Waals surface area (Å²) in [6.07, 6.45) is 3.61. The number of carbonyl (C=O) groups excluding carboxylic acids is 1. The molecule has 0 aromatic carbocycles. The topological polar surface area (TPSA) is 51.2 Å². The lowest BCUT2D eigenvalue weighted by molar-refractivity contribution is -0.122. The summed E-state index contributed by atoms with van der Waals surface area (Å²) >= 11 is 0. The van der Waals surface area contributed by atoms with E-state index in [-0.39, 0.29) is 28.6 Å². The van der Waals surface area contributed by atoms with E-state index in [2.05, 4.69) is 11.8 Å². The molecule has 0 aliphatic carbocycles. The number of fused-ring (bicyclic) bond motifs is 2. The summed E-state index contributed by atoms with van der Waals surface area (Å²) in [6.45, 7) is 1.95. The molecule has 3 nitrogen and oxygen atoms in total. The summed E-state index contributed by atoms with van der Waals surface area (Å²) in [5.74, 6) is 5.81. The number of ketones is 1. The Morgan fingerprint density at radius 3 is 2.29 bits per heavy atom. The number of carbonyl (C=O) groups is 1. The summed E-state index contributed by atoms with van der Waals surface area (Å²) in [7, 11) is -2.91. The van der Waals surface area contributed by atoms with Gasteiger partial charge in [0.2, 0.25) is 0 Å². The first-order valence-electron chi connectivity index (χ1n) is 6.26. The first-order chi connectivity index (χ1) is 8.05. The molecule has 2 aliphatic rings. The van der Waals surface area contributed by atoms with Gasteiger partial charge in [0.25, 0.3) is 0 Å². The molecule has 2 bridgehead atoms. The van der Waals surface area contributed by atoms with Crippen molar-refractivity contribution >= 4 is 15.6 Å². The fourth-order valence-electron chi connectivity index (χ4n) is 2.89. The molecular weight excluding hydrogens is 236 g/mol. The van der Waals surface area contributed by atoms with Gasteiger partial charge in [-0.25, -0.2) is 8.42 Å². The minimum Gasteiger partial charge on any atom is -0.298 e. The van der Waals surface area contributed by atoms with E-state index in [1.54, 1.807) is 0 Å². The first kappa shape index (κ1) is 12.6. The lowest BCUT2D eigenvalue weighted by Gasteiger charge is -2.26. The maximum atomic E-state index is 11.9. The third kappa shape index (κ3) is 2.40. The van der Waals surface area contributed by atoms with Gasteiger partial charge in [-0.05, 0) is 25.7 Å². The van der Waals surface area contributed by atoms with Gasteiger partial charge in [-0.1, -0.05) is 12.8 Å². The van der Waals surface area contributed by atoms with Crippen molar-refractivity contribution in [2.24, 2.45) is 5.92 Å². The smallest absolute Gasteiger partial charge is 0.156 e. The summed E-state index contributed by atoms with van der Waals surface area (Å²) in [5.41, 5.74) is 0. The maximum absolute atomic E-state index is 11.9. The number of rotatable bonds is 2. The van der Waals surface area contributed by atoms with Crippen molar-refractivity contribution in [3.05, 3.63) is 0 Å². The second kappa shape index (κ2) is 4.81. The van der Waals surface area contributed by atoms with E-state index < -0.39 is 9.84 Å². The number of hydrogen-bond acceptors (Lipinski definition) is 3. The van der Waals surface area contributed by atoms with Crippen molar-refractivity contribution in [3.8, 4) is 11.8 Å². The zero-order valence-electron chi connectivity index (χ0n) is 10.1. The number of Topliss-reactive ketones (excluding diaryl/α,β-unsaturated/α-hetero) is 1. The van der Waals surface area contributed by atoms with Crippen molar-refractivity contribution in [2.75, 3.05) is 0 Å². The molecule has 0 spiro atoms. The highest BCUT2D eigenvalue weighted by atomic mass is 32.2. The van der Waals surface area contributed by atoms with Crippen LogP contribution in [-0.2, 0) is 14.6 Å². The van der Waals surface area contributed by atoms with Crippen molar-refractivity contribution in [3.63, 3.8) is 0 Å². The fraction of sp³-hybridized carbons (Fsp3) is 0.769. The molecule has 94 valence electrons. The zero-order chi connectivity index (χ0) is 12.5. The minimum absolute atomic E-state index is 0.0674. The second-order valence-corrected chi connectivity index (χ2v) is 7.44. The molecule has 17 heavy (non-hydrogen) atoms. The van der Waals surface area contributed by atoms with E-state index in [0.717, 1.165) is 19.3 Å². The van der Waals surface area contributed by atoms with Crippen LogP contribution in [0, 0.1) is 17.8 Å². The van der Waals surface area contributed by atoms with Gasteiger partial charge in [-0.3, -0.25) is 4.79 Å². The Kier molecular flexibility index (Phi) is 3.58. The summed E-state index contributed by atoms with van der Waals surface area (Å²) in [5, 5.41) is -0.510. The summed E-state index contributed by atoms with van der Waals surface area (Å²) in [6, 6.07) is 0. The van der Waals surface area contributed by atoms with Crippen LogP contribution in [0.25, 0.3) is 0 Å². The van der Waals surface area contributed by atoms with Gasteiger partial charge in [0.15, 0.2) is 9.84 Å². The van der Waals surface area contributed by atoms with Crippen LogP contribution >= 0.6 is 0 Å². The minimum atomic E-state index is -2.91. The molecule has 0 aromatic heterocycles. The van der Waals surface area contributed by atoms with Gasteiger partial charge < -0.3 is 0 Å². The van der Waals surface area contributed by atoms with Crippen LogP contribution < -0.4 is 0 Å². The van der Waals surface area contributed by atoms with Crippen LogP contribution in [0.5, 0.6) is 0 Å². The van der Waals surface area contributed by atoms with Gasteiger partial charge in [0.1, 0.15) is 5.78 Å². The highest BCUT2D eigenvalue weighted by Gasteiger charge is 2.48. The molecule has 2 rings (SSSR count).